The lowest BCUT2D eigenvalue weighted by Crippen LogP contribution is -2.14. The lowest BCUT2D eigenvalue weighted by molar-refractivity contribution is -0.113. The van der Waals surface area contributed by atoms with E-state index in [1.165, 1.54) is 35.5 Å². The average molecular weight is 405 g/mol. The predicted octanol–water partition coefficient (Wildman–Crippen LogP) is 4.80. The first-order valence-electron chi connectivity index (χ1n) is 8.36. The standard InChI is InChI=1S/C19H18ClFN4OS/c1-3-25-18(13-6-4-12(2)5-7-13)23-24-19(25)27-11-17(26)22-14-8-9-16(21)15(20)10-14/h4-10H,3,11H2,1-2H3,(H,22,26). The van der Waals surface area contributed by atoms with E-state index in [4.69, 9.17) is 11.6 Å². The van der Waals surface area contributed by atoms with Crippen molar-refractivity contribution in [1.29, 1.82) is 0 Å². The molecule has 27 heavy (non-hydrogen) atoms. The van der Waals surface area contributed by atoms with Gasteiger partial charge < -0.3 is 9.88 Å². The summed E-state index contributed by atoms with van der Waals surface area (Å²) in [6, 6.07) is 12.1. The van der Waals surface area contributed by atoms with Gasteiger partial charge in [0.25, 0.3) is 0 Å². The first-order valence-corrected chi connectivity index (χ1v) is 9.72. The number of hydrogen-bond acceptors (Lipinski definition) is 4. The molecule has 0 fully saturated rings. The van der Waals surface area contributed by atoms with Crippen LogP contribution in [0.3, 0.4) is 0 Å². The number of aryl methyl sites for hydroxylation is 1. The molecule has 0 aliphatic rings. The number of aromatic nitrogens is 3. The number of anilines is 1. The minimum atomic E-state index is -0.524. The Morgan fingerprint density at radius 3 is 2.63 bits per heavy atom. The molecule has 8 heteroatoms. The van der Waals surface area contributed by atoms with E-state index in [2.05, 4.69) is 15.5 Å². The highest BCUT2D eigenvalue weighted by Crippen LogP contribution is 2.25. The first-order chi connectivity index (χ1) is 13.0. The third-order valence-electron chi connectivity index (χ3n) is 3.88. The van der Waals surface area contributed by atoms with Crippen molar-refractivity contribution in [2.75, 3.05) is 11.1 Å². The number of halogens is 2. The van der Waals surface area contributed by atoms with Crippen molar-refractivity contribution in [3.05, 3.63) is 58.9 Å². The fourth-order valence-corrected chi connectivity index (χ4v) is 3.48. The topological polar surface area (TPSA) is 59.8 Å². The molecule has 1 aromatic heterocycles. The summed E-state index contributed by atoms with van der Waals surface area (Å²) in [5.74, 6) is 0.167. The van der Waals surface area contributed by atoms with Gasteiger partial charge in [-0.15, -0.1) is 10.2 Å². The summed E-state index contributed by atoms with van der Waals surface area (Å²) in [5, 5.41) is 11.8. The third-order valence-corrected chi connectivity index (χ3v) is 5.13. The van der Waals surface area contributed by atoms with Crippen LogP contribution in [-0.4, -0.2) is 26.4 Å². The summed E-state index contributed by atoms with van der Waals surface area (Å²) < 4.78 is 15.2. The van der Waals surface area contributed by atoms with Crippen LogP contribution < -0.4 is 5.32 Å². The van der Waals surface area contributed by atoms with Gasteiger partial charge in [0.2, 0.25) is 5.91 Å². The second kappa shape index (κ2) is 8.54. The molecule has 0 aliphatic heterocycles. The zero-order valence-electron chi connectivity index (χ0n) is 14.9. The average Bonchev–Trinajstić information content (AvgIpc) is 3.06. The summed E-state index contributed by atoms with van der Waals surface area (Å²) in [6.45, 7) is 4.72. The van der Waals surface area contributed by atoms with E-state index in [-0.39, 0.29) is 16.7 Å². The van der Waals surface area contributed by atoms with E-state index in [1.54, 1.807) is 0 Å². The number of benzene rings is 2. The maximum atomic E-state index is 13.2. The third kappa shape index (κ3) is 4.67. The molecule has 0 unspecified atom stereocenters. The van der Waals surface area contributed by atoms with Crippen LogP contribution >= 0.6 is 23.4 Å². The molecule has 0 atom stereocenters. The Balaban J connectivity index is 1.68. The van der Waals surface area contributed by atoms with Gasteiger partial charge >= 0.3 is 0 Å². The lowest BCUT2D eigenvalue weighted by Gasteiger charge is -2.08. The van der Waals surface area contributed by atoms with Gasteiger partial charge in [-0.2, -0.15) is 0 Å². The number of hydrogen-bond donors (Lipinski definition) is 1. The molecule has 0 aliphatic carbocycles. The van der Waals surface area contributed by atoms with Gasteiger partial charge in [0.05, 0.1) is 10.8 Å². The summed E-state index contributed by atoms with van der Waals surface area (Å²) >= 11 is 7.02. The van der Waals surface area contributed by atoms with Gasteiger partial charge in [-0.3, -0.25) is 4.79 Å². The molecular formula is C19H18ClFN4OS. The number of amides is 1. The maximum absolute atomic E-state index is 13.2. The minimum absolute atomic E-state index is 0.0334. The Hall–Kier alpha value is -2.38. The molecule has 5 nitrogen and oxygen atoms in total. The molecule has 1 heterocycles. The van der Waals surface area contributed by atoms with Gasteiger partial charge in [-0.05, 0) is 32.0 Å². The van der Waals surface area contributed by atoms with Crippen LogP contribution in [0.15, 0.2) is 47.6 Å². The Morgan fingerprint density at radius 2 is 1.96 bits per heavy atom. The van der Waals surface area contributed by atoms with Crippen LogP contribution in [0.5, 0.6) is 0 Å². The van der Waals surface area contributed by atoms with E-state index < -0.39 is 5.82 Å². The molecule has 0 saturated carbocycles. The number of nitrogens with one attached hydrogen (secondary N) is 1. The molecular weight excluding hydrogens is 387 g/mol. The van der Waals surface area contributed by atoms with Gasteiger partial charge in [0.1, 0.15) is 5.82 Å². The van der Waals surface area contributed by atoms with Gasteiger partial charge in [-0.1, -0.05) is 53.2 Å². The Kier molecular flexibility index (Phi) is 6.13. The number of nitrogens with zero attached hydrogens (tertiary/aromatic N) is 3. The van der Waals surface area contributed by atoms with Crippen molar-refractivity contribution in [2.45, 2.75) is 25.5 Å². The van der Waals surface area contributed by atoms with Crippen molar-refractivity contribution >= 4 is 35.0 Å². The van der Waals surface area contributed by atoms with Gasteiger partial charge in [0, 0.05) is 17.8 Å². The van der Waals surface area contributed by atoms with Crippen LogP contribution in [0, 0.1) is 12.7 Å². The summed E-state index contributed by atoms with van der Waals surface area (Å²) in [4.78, 5) is 12.2. The fourth-order valence-electron chi connectivity index (χ4n) is 2.50. The van der Waals surface area contributed by atoms with Crippen LogP contribution in [0.25, 0.3) is 11.4 Å². The molecule has 0 spiro atoms. The minimum Gasteiger partial charge on any atom is -0.325 e. The van der Waals surface area contributed by atoms with Crippen molar-refractivity contribution in [3.63, 3.8) is 0 Å². The fraction of sp³-hybridized carbons (Fsp3) is 0.211. The molecule has 0 bridgehead atoms. The largest absolute Gasteiger partial charge is 0.325 e. The molecule has 0 radical (unpaired) electrons. The zero-order valence-corrected chi connectivity index (χ0v) is 16.4. The van der Waals surface area contributed by atoms with Gasteiger partial charge in [0.15, 0.2) is 11.0 Å². The van der Waals surface area contributed by atoms with Crippen LogP contribution in [0.2, 0.25) is 5.02 Å². The number of carbonyl (C=O) groups excluding carboxylic acids is 1. The van der Waals surface area contributed by atoms with Gasteiger partial charge in [-0.25, -0.2) is 4.39 Å². The summed E-state index contributed by atoms with van der Waals surface area (Å²) in [7, 11) is 0. The number of thioether (sulfide) groups is 1. The summed E-state index contributed by atoms with van der Waals surface area (Å²) in [5.41, 5.74) is 2.60. The Bertz CT molecular complexity index is 959. The van der Waals surface area contributed by atoms with Crippen molar-refractivity contribution in [3.8, 4) is 11.4 Å². The van der Waals surface area contributed by atoms with E-state index in [1.807, 2.05) is 42.7 Å². The normalized spacial score (nSPS) is 10.8. The van der Waals surface area contributed by atoms with Crippen molar-refractivity contribution < 1.29 is 9.18 Å². The van der Waals surface area contributed by atoms with E-state index in [0.29, 0.717) is 17.4 Å². The maximum Gasteiger partial charge on any atom is 0.234 e. The van der Waals surface area contributed by atoms with Crippen molar-refractivity contribution in [2.24, 2.45) is 0 Å². The highest BCUT2D eigenvalue weighted by Gasteiger charge is 2.15. The Labute approximate surface area is 166 Å². The van der Waals surface area contributed by atoms with E-state index in [9.17, 15) is 9.18 Å². The second-order valence-electron chi connectivity index (χ2n) is 5.88. The molecule has 140 valence electrons. The second-order valence-corrected chi connectivity index (χ2v) is 7.23. The monoisotopic (exact) mass is 404 g/mol. The molecule has 1 amide bonds. The number of rotatable bonds is 6. The molecule has 1 N–H and O–H groups in total. The molecule has 0 saturated heterocycles. The predicted molar refractivity (Wildman–Crippen MR) is 107 cm³/mol. The first kappa shape index (κ1) is 19.4. The van der Waals surface area contributed by atoms with Crippen LogP contribution in [0.1, 0.15) is 12.5 Å². The molecule has 3 rings (SSSR count). The van der Waals surface area contributed by atoms with Crippen LogP contribution in [-0.2, 0) is 11.3 Å². The molecule has 2 aromatic carbocycles. The molecule has 3 aromatic rings. The highest BCUT2D eigenvalue weighted by molar-refractivity contribution is 7.99. The Morgan fingerprint density at radius 1 is 1.22 bits per heavy atom. The van der Waals surface area contributed by atoms with E-state index >= 15 is 0 Å². The van der Waals surface area contributed by atoms with Crippen LogP contribution in [0.4, 0.5) is 10.1 Å². The quantitative estimate of drug-likeness (QED) is 0.599. The number of carbonyl (C=O) groups is 1. The highest BCUT2D eigenvalue weighted by atomic mass is 35.5. The van der Waals surface area contributed by atoms with Crippen molar-refractivity contribution in [1.82, 2.24) is 14.8 Å². The zero-order chi connectivity index (χ0) is 19.4. The SMILES string of the molecule is CCn1c(SCC(=O)Nc2ccc(F)c(Cl)c2)nnc1-c1ccc(C)cc1. The lowest BCUT2D eigenvalue weighted by atomic mass is 10.1. The van der Waals surface area contributed by atoms with E-state index in [0.717, 1.165) is 11.4 Å². The smallest absolute Gasteiger partial charge is 0.234 e. The summed E-state index contributed by atoms with van der Waals surface area (Å²) in [6.07, 6.45) is 0.